The lowest BCUT2D eigenvalue weighted by Crippen LogP contribution is -2.43. The van der Waals surface area contributed by atoms with Crippen LogP contribution in [-0.2, 0) is 33.3 Å². The van der Waals surface area contributed by atoms with Gasteiger partial charge in [-0.1, -0.05) is 75.9 Å². The van der Waals surface area contributed by atoms with Crippen LogP contribution in [0.1, 0.15) is 58.1 Å². The molecule has 0 bridgehead atoms. The summed E-state index contributed by atoms with van der Waals surface area (Å²) in [6.45, 7) is 19.1. The number of aliphatic carboxylic acids is 1. The number of carbonyl (C=O) groups excluding carboxylic acids is 2. The molecule has 0 aliphatic heterocycles. The molecule has 1 aromatic heterocycles. The monoisotopic (exact) mass is 802 g/mol. The molecule has 0 aliphatic rings. The predicted octanol–water partition coefficient (Wildman–Crippen LogP) is 6.52. The molecule has 2 amide bonds. The van der Waals surface area contributed by atoms with E-state index in [2.05, 4.69) is 48.3 Å². The number of amides is 2. The Morgan fingerprint density at radius 1 is 0.862 bits per heavy atom. The van der Waals surface area contributed by atoms with Gasteiger partial charge in [0.2, 0.25) is 11.8 Å². The van der Waals surface area contributed by atoms with Crippen molar-refractivity contribution in [3.63, 3.8) is 0 Å². The molecule has 4 N–H and O–H groups in total. The van der Waals surface area contributed by atoms with E-state index < -0.39 is 17.9 Å². The van der Waals surface area contributed by atoms with Crippen molar-refractivity contribution in [2.24, 2.45) is 5.41 Å². The van der Waals surface area contributed by atoms with Gasteiger partial charge in [0.15, 0.2) is 0 Å². The molecule has 2 aromatic carbocycles. The van der Waals surface area contributed by atoms with Crippen LogP contribution in [0.3, 0.4) is 0 Å². The topological polar surface area (TPSA) is 167 Å². The highest BCUT2D eigenvalue weighted by atomic mass is 16.6. The normalized spacial score (nSPS) is 12.4. The minimum atomic E-state index is -1.10. The summed E-state index contributed by atoms with van der Waals surface area (Å²) in [5.74, 6) is -0.443. The number of benzene rings is 2. The number of aromatic nitrogens is 1. The van der Waals surface area contributed by atoms with Crippen molar-refractivity contribution in [3.05, 3.63) is 96.2 Å². The molecule has 13 nitrogen and oxygen atoms in total. The molecule has 0 spiro atoms. The third kappa shape index (κ3) is 18.9. The number of anilines is 1. The van der Waals surface area contributed by atoms with E-state index in [1.54, 1.807) is 12.3 Å². The van der Waals surface area contributed by atoms with Crippen LogP contribution >= 0.6 is 0 Å². The SMILES string of the molecule is C=C(/C=C\C(=C/C)c1ccc(OCCOCCOCCOCCOCC(C)(C)C)c2ccccc12)[C@H](CC(=O)O)NC(=O)CNC(=O)CCCNc1cc(C)ccn1. The fourth-order valence-corrected chi connectivity index (χ4v) is 5.61. The molecule has 58 heavy (non-hydrogen) atoms. The maximum absolute atomic E-state index is 12.8. The lowest BCUT2D eigenvalue weighted by Gasteiger charge is -2.18. The Kier molecular flexibility index (Phi) is 21.2. The molecule has 0 fully saturated rings. The first kappa shape index (κ1) is 47.3. The van der Waals surface area contributed by atoms with Crippen molar-refractivity contribution in [3.8, 4) is 5.75 Å². The summed E-state index contributed by atoms with van der Waals surface area (Å²) in [7, 11) is 0. The van der Waals surface area contributed by atoms with Crippen molar-refractivity contribution in [1.82, 2.24) is 15.6 Å². The number of aryl methyl sites for hydroxylation is 1. The summed E-state index contributed by atoms with van der Waals surface area (Å²) in [6, 6.07) is 14.7. The summed E-state index contributed by atoms with van der Waals surface area (Å²) >= 11 is 0. The van der Waals surface area contributed by atoms with E-state index in [9.17, 15) is 19.5 Å². The van der Waals surface area contributed by atoms with Crippen LogP contribution in [0.5, 0.6) is 5.75 Å². The van der Waals surface area contributed by atoms with Gasteiger partial charge in [-0.2, -0.15) is 0 Å². The molecule has 3 aromatic rings. The van der Waals surface area contributed by atoms with E-state index in [1.165, 1.54) is 0 Å². The lowest BCUT2D eigenvalue weighted by atomic mass is 9.96. The second-order valence-electron chi connectivity index (χ2n) is 14.9. The standard InChI is InChI=1S/C45H62N4O9/c1-7-35(15-14-34(3)39(30-44(52)53)49-43(51)31-48-42(50)13-10-19-46-41-29-33(2)18-20-47-41)36-16-17-40(38-12-9-8-11-37(36)38)58-28-27-56-24-23-54-21-22-55-25-26-57-32-45(4,5)6/h7-9,11-12,14-18,20,29,39H,3,10,13,19,21-28,30-32H2,1-2,4-6H3,(H,46,47)(H,48,50)(H,49,51)(H,52,53)/b15-14-,35-7+/t39-/m0/s1. The molecule has 13 heteroatoms. The molecule has 3 rings (SSSR count). The third-order valence-electron chi connectivity index (χ3n) is 8.53. The number of carboxylic acids is 1. The molecule has 0 unspecified atom stereocenters. The predicted molar refractivity (Wildman–Crippen MR) is 228 cm³/mol. The maximum atomic E-state index is 12.8. The van der Waals surface area contributed by atoms with Crippen LogP contribution < -0.4 is 20.7 Å². The number of hydrogen-bond acceptors (Lipinski definition) is 10. The molecule has 1 atom stereocenters. The summed E-state index contributed by atoms with van der Waals surface area (Å²) in [5, 5.41) is 19.9. The van der Waals surface area contributed by atoms with E-state index in [0.29, 0.717) is 78.0 Å². The first-order chi connectivity index (χ1) is 27.9. The molecule has 0 saturated heterocycles. The van der Waals surface area contributed by atoms with Gasteiger partial charge >= 0.3 is 5.97 Å². The fourth-order valence-electron chi connectivity index (χ4n) is 5.61. The zero-order chi connectivity index (χ0) is 42.2. The zero-order valence-electron chi connectivity index (χ0n) is 34.8. The summed E-state index contributed by atoms with van der Waals surface area (Å²) in [5.41, 5.74) is 3.43. The van der Waals surface area contributed by atoms with Crippen molar-refractivity contribution >= 4 is 39.9 Å². The lowest BCUT2D eigenvalue weighted by molar-refractivity contribution is -0.137. The summed E-state index contributed by atoms with van der Waals surface area (Å²) in [6.07, 6.45) is 7.60. The number of carboxylic acid groups (broad SMARTS) is 1. The smallest absolute Gasteiger partial charge is 0.305 e. The number of nitrogens with one attached hydrogen (secondary N) is 3. The van der Waals surface area contributed by atoms with E-state index in [0.717, 1.165) is 39.0 Å². The van der Waals surface area contributed by atoms with Gasteiger partial charge in [0.05, 0.1) is 71.9 Å². The van der Waals surface area contributed by atoms with Crippen LogP contribution in [-0.4, -0.2) is 106 Å². The average Bonchev–Trinajstić information content (AvgIpc) is 3.18. The van der Waals surface area contributed by atoms with Gasteiger partial charge in [-0.3, -0.25) is 14.4 Å². The first-order valence-electron chi connectivity index (χ1n) is 19.8. The highest BCUT2D eigenvalue weighted by Crippen LogP contribution is 2.33. The van der Waals surface area contributed by atoms with E-state index >= 15 is 0 Å². The number of pyridine rings is 1. The summed E-state index contributed by atoms with van der Waals surface area (Å²) < 4.78 is 28.5. The number of carbonyl (C=O) groups is 3. The van der Waals surface area contributed by atoms with Crippen LogP contribution in [0.15, 0.2) is 85.1 Å². The molecular formula is C45H62N4O9. The van der Waals surface area contributed by atoms with Gasteiger partial charge in [-0.05, 0) is 71.5 Å². The minimum Gasteiger partial charge on any atom is -0.491 e. The Balaban J connectivity index is 1.44. The zero-order valence-corrected chi connectivity index (χ0v) is 34.8. The van der Waals surface area contributed by atoms with Crippen LogP contribution in [0.25, 0.3) is 16.3 Å². The fraction of sp³-hybridized carbons (Fsp3) is 0.467. The molecule has 316 valence electrons. The summed E-state index contributed by atoms with van der Waals surface area (Å²) in [4.78, 5) is 41.1. The molecule has 0 saturated carbocycles. The minimum absolute atomic E-state index is 0.146. The second kappa shape index (κ2) is 26.0. The molecule has 0 radical (unpaired) electrons. The van der Waals surface area contributed by atoms with Gasteiger partial charge in [-0.25, -0.2) is 4.98 Å². The maximum Gasteiger partial charge on any atom is 0.305 e. The number of rotatable bonds is 28. The number of fused-ring (bicyclic) bond motifs is 1. The number of hydrogen-bond donors (Lipinski definition) is 4. The van der Waals surface area contributed by atoms with Gasteiger partial charge in [0.25, 0.3) is 0 Å². The van der Waals surface area contributed by atoms with Gasteiger partial charge < -0.3 is 44.7 Å². The quantitative estimate of drug-likeness (QED) is 0.0467. The highest BCUT2D eigenvalue weighted by molar-refractivity contribution is 5.99. The Morgan fingerprint density at radius 2 is 1.52 bits per heavy atom. The van der Waals surface area contributed by atoms with Crippen molar-refractivity contribution in [2.75, 3.05) is 77.9 Å². The average molecular weight is 803 g/mol. The Labute approximate surface area is 343 Å². The molecular weight excluding hydrogens is 741 g/mol. The number of nitrogens with zero attached hydrogens (tertiary/aromatic N) is 1. The van der Waals surface area contributed by atoms with Gasteiger partial charge in [0, 0.05) is 24.5 Å². The van der Waals surface area contributed by atoms with Crippen molar-refractivity contribution in [1.29, 1.82) is 0 Å². The van der Waals surface area contributed by atoms with Crippen LogP contribution in [0.2, 0.25) is 0 Å². The van der Waals surface area contributed by atoms with Gasteiger partial charge in [-0.15, -0.1) is 0 Å². The van der Waals surface area contributed by atoms with E-state index in [4.69, 9.17) is 23.7 Å². The van der Waals surface area contributed by atoms with Crippen molar-refractivity contribution in [2.45, 2.75) is 59.9 Å². The largest absolute Gasteiger partial charge is 0.491 e. The first-order valence-corrected chi connectivity index (χ1v) is 19.8. The Hall–Kier alpha value is -5.08. The third-order valence-corrected chi connectivity index (χ3v) is 8.53. The van der Waals surface area contributed by atoms with Gasteiger partial charge in [0.1, 0.15) is 18.2 Å². The van der Waals surface area contributed by atoms with Crippen LogP contribution in [0, 0.1) is 12.3 Å². The number of ether oxygens (including phenoxy) is 5. The number of allylic oxidation sites excluding steroid dienone is 3. The van der Waals surface area contributed by atoms with E-state index in [-0.39, 0.29) is 30.7 Å². The molecule has 1 heterocycles. The second-order valence-corrected chi connectivity index (χ2v) is 14.9. The van der Waals surface area contributed by atoms with E-state index in [1.807, 2.05) is 74.5 Å². The molecule has 0 aliphatic carbocycles. The van der Waals surface area contributed by atoms with Crippen molar-refractivity contribution < 1.29 is 43.2 Å². The Bertz CT molecular complexity index is 1820. The Morgan fingerprint density at radius 3 is 2.16 bits per heavy atom. The highest BCUT2D eigenvalue weighted by Gasteiger charge is 2.19. The van der Waals surface area contributed by atoms with Crippen LogP contribution in [0.4, 0.5) is 5.82 Å².